The van der Waals surface area contributed by atoms with Gasteiger partial charge in [0.2, 0.25) is 10.0 Å². The van der Waals surface area contributed by atoms with E-state index < -0.39 is 10.0 Å². The number of carbonyl (C=O) groups is 1. The zero-order chi connectivity index (χ0) is 24.7. The highest BCUT2D eigenvalue weighted by Gasteiger charge is 2.30. The van der Waals surface area contributed by atoms with Crippen LogP contribution in [0.25, 0.3) is 10.1 Å². The van der Waals surface area contributed by atoms with Crippen LogP contribution in [0.5, 0.6) is 0 Å². The third-order valence-electron chi connectivity index (χ3n) is 6.13. The SMILES string of the molecule is CC(C)(c1cc(Cl)cc(NC(=O)c2cc3cc(NS(C)(=O)=O)c(Cl)cc3s2)c1)N1CCCCC1. The van der Waals surface area contributed by atoms with Gasteiger partial charge in [-0.2, -0.15) is 0 Å². The first-order valence-corrected chi connectivity index (χ1v) is 14.5. The summed E-state index contributed by atoms with van der Waals surface area (Å²) in [5, 5.41) is 4.53. The molecule has 1 aliphatic rings. The molecule has 2 heterocycles. The molecule has 1 saturated heterocycles. The largest absolute Gasteiger partial charge is 0.321 e. The number of likely N-dealkylation sites (tertiary alicyclic amines) is 1. The van der Waals surface area contributed by atoms with Gasteiger partial charge in [-0.05, 0) is 87.1 Å². The predicted octanol–water partition coefficient (Wildman–Crippen LogP) is 6.55. The first kappa shape index (κ1) is 25.3. The van der Waals surface area contributed by atoms with Gasteiger partial charge in [-0.3, -0.25) is 14.4 Å². The lowest BCUT2D eigenvalue weighted by Crippen LogP contribution is -2.44. The Morgan fingerprint density at radius 2 is 1.74 bits per heavy atom. The van der Waals surface area contributed by atoms with Gasteiger partial charge in [0.1, 0.15) is 0 Å². The van der Waals surface area contributed by atoms with E-state index in [9.17, 15) is 13.2 Å². The van der Waals surface area contributed by atoms with Gasteiger partial charge >= 0.3 is 0 Å². The monoisotopic (exact) mass is 539 g/mol. The number of rotatable bonds is 6. The lowest BCUT2D eigenvalue weighted by Gasteiger charge is -2.41. The highest BCUT2D eigenvalue weighted by atomic mass is 35.5. The van der Waals surface area contributed by atoms with E-state index >= 15 is 0 Å². The van der Waals surface area contributed by atoms with Crippen LogP contribution in [0, 0.1) is 0 Å². The molecule has 0 aliphatic carbocycles. The van der Waals surface area contributed by atoms with Crippen LogP contribution in [-0.4, -0.2) is 38.6 Å². The van der Waals surface area contributed by atoms with Crippen LogP contribution in [0.1, 0.15) is 48.3 Å². The maximum Gasteiger partial charge on any atom is 0.265 e. The number of benzene rings is 2. The lowest BCUT2D eigenvalue weighted by molar-refractivity contribution is 0.0943. The van der Waals surface area contributed by atoms with Crippen molar-refractivity contribution in [3.05, 3.63) is 56.9 Å². The number of hydrogen-bond donors (Lipinski definition) is 2. The number of amides is 1. The standard InChI is InChI=1S/C24H27Cl2N3O3S2/c1-24(2,29-7-5-4-6-8-29)16-11-17(25)13-18(12-16)27-23(30)22-10-15-9-20(28-34(3,31)32)19(26)14-21(15)33-22/h9-14,28H,4-8H2,1-3H3,(H,27,30). The van der Waals surface area contributed by atoms with Crippen molar-refractivity contribution < 1.29 is 13.2 Å². The summed E-state index contributed by atoms with van der Waals surface area (Å²) in [6.45, 7) is 6.46. The van der Waals surface area contributed by atoms with Crippen LogP contribution in [0.2, 0.25) is 10.0 Å². The average Bonchev–Trinajstić information content (AvgIpc) is 3.16. The van der Waals surface area contributed by atoms with E-state index in [1.165, 1.54) is 30.6 Å². The Balaban J connectivity index is 1.59. The molecule has 1 fully saturated rings. The molecular weight excluding hydrogens is 513 g/mol. The zero-order valence-electron chi connectivity index (χ0n) is 19.2. The fraction of sp³-hybridized carbons (Fsp3) is 0.375. The number of nitrogens with zero attached hydrogens (tertiary/aromatic N) is 1. The van der Waals surface area contributed by atoms with E-state index in [0.717, 1.165) is 35.0 Å². The molecule has 3 aromatic rings. The van der Waals surface area contributed by atoms with Crippen molar-refractivity contribution in [3.8, 4) is 0 Å². The van der Waals surface area contributed by atoms with Crippen molar-refractivity contribution in [2.75, 3.05) is 29.4 Å². The second kappa shape index (κ2) is 9.66. The van der Waals surface area contributed by atoms with Gasteiger partial charge in [0.25, 0.3) is 5.91 Å². The summed E-state index contributed by atoms with van der Waals surface area (Å²) < 4.78 is 26.4. The smallest absolute Gasteiger partial charge is 0.265 e. The van der Waals surface area contributed by atoms with Gasteiger partial charge in [-0.1, -0.05) is 29.6 Å². The quantitative estimate of drug-likeness (QED) is 0.372. The Kier molecular flexibility index (Phi) is 7.18. The second-order valence-corrected chi connectivity index (χ2v) is 12.8. The normalized spacial score (nSPS) is 15.4. The van der Waals surface area contributed by atoms with Crippen LogP contribution >= 0.6 is 34.5 Å². The molecule has 2 N–H and O–H groups in total. The topological polar surface area (TPSA) is 78.5 Å². The Hall–Kier alpha value is -1.84. The summed E-state index contributed by atoms with van der Waals surface area (Å²) in [5.74, 6) is -0.265. The van der Waals surface area contributed by atoms with E-state index in [1.807, 2.05) is 12.1 Å². The van der Waals surface area contributed by atoms with Crippen LogP contribution in [0.15, 0.2) is 36.4 Å². The van der Waals surface area contributed by atoms with E-state index in [0.29, 0.717) is 15.6 Å². The average molecular weight is 541 g/mol. The molecule has 1 amide bonds. The van der Waals surface area contributed by atoms with Crippen LogP contribution in [-0.2, 0) is 15.6 Å². The summed E-state index contributed by atoms with van der Waals surface area (Å²) in [6.07, 6.45) is 4.69. The maximum absolute atomic E-state index is 13.1. The van der Waals surface area contributed by atoms with Crippen molar-refractivity contribution in [3.63, 3.8) is 0 Å². The molecule has 10 heteroatoms. The van der Waals surface area contributed by atoms with E-state index in [2.05, 4.69) is 28.8 Å². The van der Waals surface area contributed by atoms with Crippen molar-refractivity contribution in [2.45, 2.75) is 38.6 Å². The molecule has 0 radical (unpaired) electrons. The highest BCUT2D eigenvalue weighted by Crippen LogP contribution is 2.36. The third-order valence-corrected chi connectivity index (χ3v) is 8.35. The molecule has 1 aliphatic heterocycles. The van der Waals surface area contributed by atoms with E-state index in [1.54, 1.807) is 24.3 Å². The van der Waals surface area contributed by atoms with Gasteiger partial charge < -0.3 is 5.32 Å². The molecule has 0 atom stereocenters. The summed E-state index contributed by atoms with van der Waals surface area (Å²) in [6, 6.07) is 10.7. The van der Waals surface area contributed by atoms with E-state index in [-0.39, 0.29) is 22.2 Å². The summed E-state index contributed by atoms with van der Waals surface area (Å²) in [4.78, 5) is 16.0. The first-order valence-electron chi connectivity index (χ1n) is 11.0. The molecule has 0 bridgehead atoms. The van der Waals surface area contributed by atoms with Crippen molar-refractivity contribution >= 4 is 71.9 Å². The minimum absolute atomic E-state index is 0.206. The Morgan fingerprint density at radius 3 is 2.41 bits per heavy atom. The van der Waals surface area contributed by atoms with Gasteiger partial charge in [0.15, 0.2) is 0 Å². The second-order valence-electron chi connectivity index (χ2n) is 9.14. The Bertz CT molecular complexity index is 1350. The minimum Gasteiger partial charge on any atom is -0.321 e. The number of fused-ring (bicyclic) bond motifs is 1. The summed E-state index contributed by atoms with van der Waals surface area (Å²) in [5.41, 5.74) is 1.76. The van der Waals surface area contributed by atoms with Gasteiger partial charge in [-0.25, -0.2) is 8.42 Å². The van der Waals surface area contributed by atoms with Gasteiger partial charge in [0, 0.05) is 20.9 Å². The number of anilines is 2. The molecule has 1 aromatic heterocycles. The third kappa shape index (κ3) is 5.69. The Labute approximate surface area is 214 Å². The number of sulfonamides is 1. The zero-order valence-corrected chi connectivity index (χ0v) is 22.4. The number of piperidine rings is 1. The molecule has 182 valence electrons. The van der Waals surface area contributed by atoms with Crippen molar-refractivity contribution in [2.24, 2.45) is 0 Å². The van der Waals surface area contributed by atoms with Crippen LogP contribution in [0.4, 0.5) is 11.4 Å². The molecule has 6 nitrogen and oxygen atoms in total. The molecule has 0 spiro atoms. The number of carbonyl (C=O) groups excluding carboxylic acids is 1. The predicted molar refractivity (Wildman–Crippen MR) is 143 cm³/mol. The Morgan fingerprint density at radius 1 is 1.03 bits per heavy atom. The molecule has 34 heavy (non-hydrogen) atoms. The van der Waals surface area contributed by atoms with Gasteiger partial charge in [-0.15, -0.1) is 11.3 Å². The molecule has 2 aromatic carbocycles. The molecule has 4 rings (SSSR count). The summed E-state index contributed by atoms with van der Waals surface area (Å²) >= 11 is 14.0. The van der Waals surface area contributed by atoms with Crippen molar-refractivity contribution in [1.82, 2.24) is 4.90 Å². The first-order chi connectivity index (χ1) is 15.9. The number of nitrogens with one attached hydrogen (secondary N) is 2. The summed E-state index contributed by atoms with van der Waals surface area (Å²) in [7, 11) is -3.47. The number of thiophene rings is 1. The maximum atomic E-state index is 13.1. The fourth-order valence-corrected chi connectivity index (χ4v) is 6.41. The fourth-order valence-electron chi connectivity index (χ4n) is 4.30. The van der Waals surface area contributed by atoms with Crippen molar-refractivity contribution in [1.29, 1.82) is 0 Å². The molecular formula is C24H27Cl2N3O3S2. The number of halogens is 2. The van der Waals surface area contributed by atoms with E-state index in [4.69, 9.17) is 23.2 Å². The minimum atomic E-state index is -3.47. The number of hydrogen-bond acceptors (Lipinski definition) is 5. The molecule has 0 unspecified atom stereocenters. The van der Waals surface area contributed by atoms with Gasteiger partial charge in [0.05, 0.1) is 21.8 Å². The lowest BCUT2D eigenvalue weighted by atomic mass is 9.90. The van der Waals surface area contributed by atoms with Crippen LogP contribution in [0.3, 0.4) is 0 Å². The highest BCUT2D eigenvalue weighted by molar-refractivity contribution is 7.92. The molecule has 0 saturated carbocycles. The van der Waals surface area contributed by atoms with Crippen LogP contribution < -0.4 is 10.0 Å².